The Kier molecular flexibility index (Phi) is 346. The van der Waals surface area contributed by atoms with Crippen molar-refractivity contribution in [3.63, 3.8) is 0 Å². The van der Waals surface area contributed by atoms with Crippen molar-refractivity contribution in [3.05, 3.63) is 0 Å². The largest absolute Gasteiger partial charge is 5.00 e. The summed E-state index contributed by atoms with van der Waals surface area (Å²) in [6.45, 7) is 0. The molecule has 0 unspecified atom stereocenters. The van der Waals surface area contributed by atoms with E-state index in [9.17, 15) is 0 Å². The summed E-state index contributed by atoms with van der Waals surface area (Å²) in [5, 5.41) is 0. The van der Waals surface area contributed by atoms with Crippen molar-refractivity contribution in [1.82, 2.24) is 0 Å². The third-order valence-electron chi connectivity index (χ3n) is 0. The van der Waals surface area contributed by atoms with Crippen molar-refractivity contribution in [2.45, 2.75) is 0 Å². The SMILES string of the molecule is [Au+3].[Nb+5].[O-2].[O-2]. The van der Waals surface area contributed by atoms with E-state index in [1.54, 1.807) is 0 Å². The molecule has 0 atom stereocenters. The van der Waals surface area contributed by atoms with Crippen molar-refractivity contribution in [2.24, 2.45) is 0 Å². The van der Waals surface area contributed by atoms with Gasteiger partial charge in [-0.15, -0.1) is 0 Å². The van der Waals surface area contributed by atoms with Gasteiger partial charge in [-0.25, -0.2) is 0 Å². The molecule has 0 aromatic carbocycles. The molecule has 0 aromatic heterocycles. The van der Waals surface area contributed by atoms with Gasteiger partial charge in [-0.3, -0.25) is 0 Å². The molecule has 0 aliphatic carbocycles. The van der Waals surface area contributed by atoms with Crippen LogP contribution in [0.5, 0.6) is 0 Å². The Balaban J connectivity index is 0. The molecule has 0 bridgehead atoms. The smallest absolute Gasteiger partial charge is 2.00 e. The van der Waals surface area contributed by atoms with Crippen LogP contribution in [0.25, 0.3) is 0 Å². The fourth-order valence-electron chi connectivity index (χ4n) is 0. The normalized spacial score (nSPS) is 0. The fourth-order valence-corrected chi connectivity index (χ4v) is 0. The maximum atomic E-state index is 0. The Hall–Kier alpha value is 1.40. The van der Waals surface area contributed by atoms with Gasteiger partial charge in [0.25, 0.3) is 0 Å². The molecule has 0 N–H and O–H groups in total. The van der Waals surface area contributed by atoms with Crippen LogP contribution in [0, 0.1) is 0 Å². The number of hydrogen-bond donors (Lipinski definition) is 0. The average molecular weight is 322 g/mol. The second-order valence-electron chi connectivity index (χ2n) is 0. The number of hydrogen-bond acceptors (Lipinski definition) is 0. The molecule has 0 aliphatic heterocycles. The van der Waals surface area contributed by atoms with Gasteiger partial charge in [0.2, 0.25) is 0 Å². The molecular formula is AuNbO2+4. The molecule has 2 nitrogen and oxygen atoms in total. The van der Waals surface area contributed by atoms with Crippen LogP contribution >= 0.6 is 0 Å². The van der Waals surface area contributed by atoms with Crippen LogP contribution in [0.3, 0.4) is 0 Å². The first-order valence-corrected chi connectivity index (χ1v) is 0. The molecule has 0 spiro atoms. The molecule has 4 heteroatoms. The minimum Gasteiger partial charge on any atom is -2.00 e. The van der Waals surface area contributed by atoms with E-state index in [4.69, 9.17) is 0 Å². The topological polar surface area (TPSA) is 57.0 Å². The van der Waals surface area contributed by atoms with Gasteiger partial charge in [0.1, 0.15) is 0 Å². The average Bonchev–Trinajstić information content (AvgIpc) is 0. The molecular weight excluding hydrogens is 322 g/mol. The Bertz CT molecular complexity index is 6.00. The van der Waals surface area contributed by atoms with Gasteiger partial charge in [0, 0.05) is 0 Å². The maximum Gasteiger partial charge on any atom is 5.00 e. The van der Waals surface area contributed by atoms with Crippen LogP contribution in [-0.2, 0) is 55.7 Å². The van der Waals surface area contributed by atoms with Crippen LogP contribution < -0.4 is 0 Å². The van der Waals surface area contributed by atoms with Gasteiger partial charge >= 0.3 is 44.8 Å². The summed E-state index contributed by atoms with van der Waals surface area (Å²) in [6, 6.07) is 0. The molecule has 0 fully saturated rings. The monoisotopic (exact) mass is 322 g/mol. The van der Waals surface area contributed by atoms with Crippen molar-refractivity contribution >= 4 is 0 Å². The standard InChI is InChI=1S/Au.Nb.2O/q+3;+5;2*-2. The first kappa shape index (κ1) is 53.3. The minimum absolute atomic E-state index is 0. The Morgan fingerprint density at radius 3 is 0.750 bits per heavy atom. The van der Waals surface area contributed by atoms with Crippen molar-refractivity contribution < 1.29 is 55.7 Å². The van der Waals surface area contributed by atoms with E-state index in [1.807, 2.05) is 0 Å². The second kappa shape index (κ2) is 25.9. The van der Waals surface area contributed by atoms with E-state index < -0.39 is 0 Å². The fraction of sp³-hybridized carbons (Fsp3) is 0. The molecule has 0 aliphatic rings. The number of rotatable bonds is 0. The third-order valence-corrected chi connectivity index (χ3v) is 0. The molecule has 0 amide bonds. The molecule has 4 heavy (non-hydrogen) atoms. The second-order valence-corrected chi connectivity index (χ2v) is 0. The Morgan fingerprint density at radius 2 is 0.750 bits per heavy atom. The van der Waals surface area contributed by atoms with Gasteiger partial charge < -0.3 is 11.0 Å². The predicted octanol–water partition coefficient (Wildman–Crippen LogP) is -0.243. The van der Waals surface area contributed by atoms with Crippen LogP contribution in [0.1, 0.15) is 0 Å². The maximum absolute atomic E-state index is 0. The van der Waals surface area contributed by atoms with Crippen molar-refractivity contribution in [1.29, 1.82) is 0 Å². The molecule has 0 saturated heterocycles. The quantitative estimate of drug-likeness (QED) is 0.553. The Labute approximate surface area is 55.6 Å². The van der Waals surface area contributed by atoms with Crippen LogP contribution in [0.15, 0.2) is 0 Å². The summed E-state index contributed by atoms with van der Waals surface area (Å²) < 4.78 is 0. The zero-order valence-electron chi connectivity index (χ0n) is 1.57. The molecule has 0 radical (unpaired) electrons. The van der Waals surface area contributed by atoms with Crippen molar-refractivity contribution in [3.8, 4) is 0 Å². The van der Waals surface area contributed by atoms with E-state index in [-0.39, 0.29) is 55.7 Å². The van der Waals surface area contributed by atoms with Gasteiger partial charge in [-0.05, 0) is 0 Å². The zero-order valence-corrected chi connectivity index (χ0v) is 5.93. The van der Waals surface area contributed by atoms with E-state index in [0.717, 1.165) is 0 Å². The van der Waals surface area contributed by atoms with E-state index in [1.165, 1.54) is 0 Å². The van der Waals surface area contributed by atoms with Gasteiger partial charge in [0.05, 0.1) is 0 Å². The molecule has 0 aromatic rings. The van der Waals surface area contributed by atoms with Gasteiger partial charge in [-0.2, -0.15) is 0 Å². The van der Waals surface area contributed by atoms with Crippen molar-refractivity contribution in [2.75, 3.05) is 0 Å². The van der Waals surface area contributed by atoms with Gasteiger partial charge in [-0.1, -0.05) is 0 Å². The van der Waals surface area contributed by atoms with Crippen LogP contribution in [-0.4, -0.2) is 0 Å². The van der Waals surface area contributed by atoms with Crippen LogP contribution in [0.4, 0.5) is 0 Å². The summed E-state index contributed by atoms with van der Waals surface area (Å²) in [5.74, 6) is 0. The van der Waals surface area contributed by atoms with E-state index in [0.29, 0.717) is 0 Å². The molecule has 24 valence electrons. The van der Waals surface area contributed by atoms with Crippen LogP contribution in [0.2, 0.25) is 0 Å². The summed E-state index contributed by atoms with van der Waals surface area (Å²) in [5.41, 5.74) is 0. The summed E-state index contributed by atoms with van der Waals surface area (Å²) >= 11 is 0. The summed E-state index contributed by atoms with van der Waals surface area (Å²) in [7, 11) is 0. The first-order valence-electron chi connectivity index (χ1n) is 0. The first-order chi connectivity index (χ1) is 0. The zero-order chi connectivity index (χ0) is 0. The van der Waals surface area contributed by atoms with E-state index in [2.05, 4.69) is 0 Å². The summed E-state index contributed by atoms with van der Waals surface area (Å²) in [4.78, 5) is 0. The summed E-state index contributed by atoms with van der Waals surface area (Å²) in [6.07, 6.45) is 0. The van der Waals surface area contributed by atoms with E-state index >= 15 is 0 Å². The Morgan fingerprint density at radius 1 is 0.750 bits per heavy atom. The molecule has 0 saturated carbocycles. The predicted molar refractivity (Wildman–Crippen MR) is 1.37 cm³/mol. The molecule has 0 heterocycles. The minimum atomic E-state index is 0. The molecule has 0 rings (SSSR count). The third kappa shape index (κ3) is 9.99. The van der Waals surface area contributed by atoms with Gasteiger partial charge in [0.15, 0.2) is 0 Å².